The molecule has 0 saturated heterocycles. The minimum absolute atomic E-state index is 0.0174. The molecule has 1 atom stereocenters. The third-order valence-electron chi connectivity index (χ3n) is 5.01. The minimum Gasteiger partial charge on any atom is -0.508 e. The molecule has 1 aliphatic rings. The molecule has 0 aliphatic carbocycles. The number of hydrogen-bond donors (Lipinski definition) is 2. The Morgan fingerprint density at radius 3 is 2.57 bits per heavy atom. The molecule has 3 aromatic rings. The first-order valence-electron chi connectivity index (χ1n) is 9.24. The number of carbonyl (C=O) groups excluding carboxylic acids is 1. The molecule has 5 heteroatoms. The fourth-order valence-corrected chi connectivity index (χ4v) is 3.52. The van der Waals surface area contributed by atoms with Gasteiger partial charge in [0.25, 0.3) is 5.91 Å². The highest BCUT2D eigenvalue weighted by atomic mass is 16.5. The Balaban J connectivity index is 1.63. The molecule has 1 heterocycles. The number of carbonyl (C=O) groups is 1. The average molecular weight is 374 g/mol. The summed E-state index contributed by atoms with van der Waals surface area (Å²) in [7, 11) is 1.64. The summed E-state index contributed by atoms with van der Waals surface area (Å²) in [4.78, 5) is 15.0. The van der Waals surface area contributed by atoms with Gasteiger partial charge in [-0.3, -0.25) is 4.79 Å². The number of amides is 1. The van der Waals surface area contributed by atoms with Gasteiger partial charge in [0, 0.05) is 12.2 Å². The van der Waals surface area contributed by atoms with Gasteiger partial charge in [0.05, 0.1) is 12.7 Å². The van der Waals surface area contributed by atoms with E-state index in [4.69, 9.17) is 4.74 Å². The molecule has 2 N–H and O–H groups in total. The van der Waals surface area contributed by atoms with E-state index in [0.717, 1.165) is 29.0 Å². The van der Waals surface area contributed by atoms with Crippen molar-refractivity contribution < 1.29 is 14.6 Å². The Morgan fingerprint density at radius 2 is 1.82 bits per heavy atom. The number of methoxy groups -OCH3 is 1. The van der Waals surface area contributed by atoms with Gasteiger partial charge in [0.1, 0.15) is 17.7 Å². The molecule has 0 radical (unpaired) electrons. The molecule has 1 amide bonds. The van der Waals surface area contributed by atoms with Crippen LogP contribution in [0.15, 0.2) is 72.8 Å². The van der Waals surface area contributed by atoms with Crippen molar-refractivity contribution in [2.75, 3.05) is 19.0 Å². The summed E-state index contributed by atoms with van der Waals surface area (Å²) in [6.07, 6.45) is 0.377. The van der Waals surface area contributed by atoms with Gasteiger partial charge >= 0.3 is 0 Å². The van der Waals surface area contributed by atoms with Crippen LogP contribution in [0.5, 0.6) is 11.5 Å². The van der Waals surface area contributed by atoms with Crippen molar-refractivity contribution in [1.29, 1.82) is 0 Å². The van der Waals surface area contributed by atoms with Gasteiger partial charge in [-0.1, -0.05) is 36.4 Å². The highest BCUT2D eigenvalue weighted by Gasteiger charge is 2.32. The van der Waals surface area contributed by atoms with Gasteiger partial charge in [-0.2, -0.15) is 0 Å². The van der Waals surface area contributed by atoms with E-state index in [-0.39, 0.29) is 17.8 Å². The Kier molecular flexibility index (Phi) is 4.89. The van der Waals surface area contributed by atoms with Gasteiger partial charge in [-0.05, 0) is 53.9 Å². The van der Waals surface area contributed by atoms with Crippen LogP contribution in [0.1, 0.15) is 27.7 Å². The number of fused-ring (bicyclic) bond motifs is 1. The van der Waals surface area contributed by atoms with E-state index in [1.165, 1.54) is 0 Å². The molecule has 0 aromatic heterocycles. The van der Waals surface area contributed by atoms with Crippen molar-refractivity contribution in [1.82, 2.24) is 4.90 Å². The Bertz CT molecular complexity index is 985. The maximum Gasteiger partial charge on any atom is 0.257 e. The number of benzene rings is 3. The third kappa shape index (κ3) is 3.51. The first-order valence-corrected chi connectivity index (χ1v) is 9.24. The van der Waals surface area contributed by atoms with Crippen LogP contribution in [0.3, 0.4) is 0 Å². The van der Waals surface area contributed by atoms with E-state index in [0.29, 0.717) is 12.1 Å². The molecule has 0 fully saturated rings. The van der Waals surface area contributed by atoms with Crippen LogP contribution in [0.4, 0.5) is 5.69 Å². The largest absolute Gasteiger partial charge is 0.508 e. The molecule has 0 unspecified atom stereocenters. The average Bonchev–Trinajstić information content (AvgIpc) is 2.73. The van der Waals surface area contributed by atoms with Gasteiger partial charge in [-0.25, -0.2) is 0 Å². The normalized spacial score (nSPS) is 15.7. The summed E-state index contributed by atoms with van der Waals surface area (Å²) in [5.41, 5.74) is 3.44. The lowest BCUT2D eigenvalue weighted by atomic mass is 10.0. The number of anilines is 1. The molecule has 1 aliphatic heterocycles. The van der Waals surface area contributed by atoms with Crippen LogP contribution in [0.25, 0.3) is 0 Å². The molecule has 0 bridgehead atoms. The Morgan fingerprint density at radius 1 is 1.04 bits per heavy atom. The summed E-state index contributed by atoms with van der Waals surface area (Å²) in [6, 6.07) is 22.4. The quantitative estimate of drug-likeness (QED) is 0.702. The van der Waals surface area contributed by atoms with Crippen LogP contribution >= 0.6 is 0 Å². The summed E-state index contributed by atoms with van der Waals surface area (Å²) in [5, 5.41) is 13.4. The number of rotatable bonds is 5. The molecule has 0 spiro atoms. The van der Waals surface area contributed by atoms with E-state index < -0.39 is 0 Å². The summed E-state index contributed by atoms with van der Waals surface area (Å²) < 4.78 is 5.21. The van der Waals surface area contributed by atoms with Crippen molar-refractivity contribution >= 4 is 11.6 Å². The fourth-order valence-electron chi connectivity index (χ4n) is 3.52. The first kappa shape index (κ1) is 17.9. The van der Waals surface area contributed by atoms with Crippen LogP contribution in [-0.2, 0) is 6.42 Å². The Labute approximate surface area is 164 Å². The predicted octanol–water partition coefficient (Wildman–Crippen LogP) is 4.21. The van der Waals surface area contributed by atoms with Crippen molar-refractivity contribution in [2.45, 2.75) is 12.6 Å². The highest BCUT2D eigenvalue weighted by Crippen LogP contribution is 2.34. The maximum atomic E-state index is 13.2. The smallest absolute Gasteiger partial charge is 0.257 e. The van der Waals surface area contributed by atoms with Crippen molar-refractivity contribution in [3.8, 4) is 11.5 Å². The topological polar surface area (TPSA) is 61.8 Å². The standard InChI is InChI=1S/C23H22N2O3/c1-28-19-11-9-16(10-12-19)13-14-25-22(17-5-4-6-18(26)15-17)24-21-8-3-2-7-20(21)23(25)27/h2-12,15,22,24,26H,13-14H2,1H3/t22-/m0/s1. The zero-order valence-electron chi connectivity index (χ0n) is 15.6. The second-order valence-corrected chi connectivity index (χ2v) is 6.78. The number of nitrogens with one attached hydrogen (secondary N) is 1. The lowest BCUT2D eigenvalue weighted by Crippen LogP contribution is -2.43. The SMILES string of the molecule is COc1ccc(CCN2C(=O)c3ccccc3N[C@@H]2c2cccc(O)c2)cc1. The number of ether oxygens (including phenoxy) is 1. The van der Waals surface area contributed by atoms with Crippen LogP contribution in [0, 0.1) is 0 Å². The second kappa shape index (κ2) is 7.64. The van der Waals surface area contributed by atoms with E-state index >= 15 is 0 Å². The molecule has 3 aromatic carbocycles. The molecule has 0 saturated carbocycles. The van der Waals surface area contributed by atoms with Gasteiger partial charge in [-0.15, -0.1) is 0 Å². The first-order chi connectivity index (χ1) is 13.7. The number of nitrogens with zero attached hydrogens (tertiary/aromatic N) is 1. The van der Waals surface area contributed by atoms with Crippen molar-refractivity contribution in [2.24, 2.45) is 0 Å². The maximum absolute atomic E-state index is 13.2. The zero-order valence-corrected chi connectivity index (χ0v) is 15.6. The van der Waals surface area contributed by atoms with Gasteiger partial charge in [0.2, 0.25) is 0 Å². The van der Waals surface area contributed by atoms with Crippen molar-refractivity contribution in [3.05, 3.63) is 89.5 Å². The molecular formula is C23H22N2O3. The molecular weight excluding hydrogens is 352 g/mol. The lowest BCUT2D eigenvalue weighted by molar-refractivity contribution is 0.0685. The van der Waals surface area contributed by atoms with E-state index in [9.17, 15) is 9.90 Å². The summed E-state index contributed by atoms with van der Waals surface area (Å²) in [5.74, 6) is 0.975. The number of aromatic hydroxyl groups is 1. The third-order valence-corrected chi connectivity index (χ3v) is 5.01. The van der Waals surface area contributed by atoms with E-state index in [1.807, 2.05) is 59.5 Å². The zero-order chi connectivity index (χ0) is 19.5. The van der Waals surface area contributed by atoms with Gasteiger partial charge in [0.15, 0.2) is 0 Å². The van der Waals surface area contributed by atoms with Gasteiger partial charge < -0.3 is 20.1 Å². The number of phenols is 1. The van der Waals surface area contributed by atoms with Crippen LogP contribution in [0.2, 0.25) is 0 Å². The summed E-state index contributed by atoms with van der Waals surface area (Å²) >= 11 is 0. The molecule has 142 valence electrons. The van der Waals surface area contributed by atoms with E-state index in [1.54, 1.807) is 25.3 Å². The Hall–Kier alpha value is -3.47. The lowest BCUT2D eigenvalue weighted by Gasteiger charge is -2.38. The van der Waals surface area contributed by atoms with Crippen molar-refractivity contribution in [3.63, 3.8) is 0 Å². The summed E-state index contributed by atoms with van der Waals surface area (Å²) in [6.45, 7) is 0.548. The minimum atomic E-state index is -0.340. The van der Waals surface area contributed by atoms with Crippen LogP contribution in [-0.4, -0.2) is 29.6 Å². The van der Waals surface area contributed by atoms with E-state index in [2.05, 4.69) is 5.32 Å². The second-order valence-electron chi connectivity index (χ2n) is 6.78. The number of para-hydroxylation sites is 1. The van der Waals surface area contributed by atoms with Crippen LogP contribution < -0.4 is 10.1 Å². The molecule has 28 heavy (non-hydrogen) atoms. The number of phenolic OH excluding ortho intramolecular Hbond substituents is 1. The monoisotopic (exact) mass is 374 g/mol. The fraction of sp³-hybridized carbons (Fsp3) is 0.174. The number of hydrogen-bond acceptors (Lipinski definition) is 4. The molecule has 4 rings (SSSR count). The molecule has 5 nitrogen and oxygen atoms in total. The highest BCUT2D eigenvalue weighted by molar-refractivity contribution is 6.01. The predicted molar refractivity (Wildman–Crippen MR) is 109 cm³/mol.